The highest BCUT2D eigenvalue weighted by atomic mass is 35.5. The Labute approximate surface area is 106 Å². The van der Waals surface area contributed by atoms with Gasteiger partial charge >= 0.3 is 0 Å². The normalized spacial score (nSPS) is 10.0. The van der Waals surface area contributed by atoms with E-state index in [0.717, 1.165) is 11.5 Å². The van der Waals surface area contributed by atoms with Gasteiger partial charge in [0.05, 0.1) is 6.20 Å². The Morgan fingerprint density at radius 2 is 2.29 bits per heavy atom. The highest BCUT2D eigenvalue weighted by Gasteiger charge is 2.10. The van der Waals surface area contributed by atoms with Gasteiger partial charge < -0.3 is 10.6 Å². The lowest BCUT2D eigenvalue weighted by atomic mass is 10.2. The number of hydrogen-bond donors (Lipinski definition) is 2. The van der Waals surface area contributed by atoms with Crippen molar-refractivity contribution in [3.8, 4) is 0 Å². The van der Waals surface area contributed by atoms with Gasteiger partial charge in [-0.05, 0) is 12.1 Å². The fourth-order valence-corrected chi connectivity index (χ4v) is 1.79. The van der Waals surface area contributed by atoms with Crippen LogP contribution in [-0.2, 0) is 0 Å². The van der Waals surface area contributed by atoms with Gasteiger partial charge in [0.15, 0.2) is 0 Å². The average molecular weight is 270 g/mol. The molecule has 0 spiro atoms. The summed E-state index contributed by atoms with van der Waals surface area (Å²) in [6.07, 6.45) is 1.48. The molecule has 8 heteroatoms. The Morgan fingerprint density at radius 1 is 1.47 bits per heavy atom. The van der Waals surface area contributed by atoms with Crippen molar-refractivity contribution in [3.05, 3.63) is 29.0 Å². The molecule has 2 heterocycles. The first kappa shape index (κ1) is 11.7. The Hall–Kier alpha value is -1.73. The van der Waals surface area contributed by atoms with E-state index in [2.05, 4.69) is 25.2 Å². The van der Waals surface area contributed by atoms with E-state index in [-0.39, 0.29) is 11.1 Å². The molecule has 0 fully saturated rings. The van der Waals surface area contributed by atoms with E-state index in [4.69, 9.17) is 11.6 Å². The molecule has 0 bridgehead atoms. The predicted octanol–water partition coefficient (Wildman–Crippen LogP) is 1.88. The van der Waals surface area contributed by atoms with Crippen molar-refractivity contribution in [2.75, 3.05) is 17.7 Å². The van der Waals surface area contributed by atoms with Gasteiger partial charge in [0.25, 0.3) is 5.91 Å². The van der Waals surface area contributed by atoms with Crippen LogP contribution in [0.2, 0.25) is 5.15 Å². The van der Waals surface area contributed by atoms with Crippen LogP contribution in [0.1, 0.15) is 10.4 Å². The maximum Gasteiger partial charge on any atom is 0.256 e. The van der Waals surface area contributed by atoms with Crippen molar-refractivity contribution >= 4 is 39.9 Å². The minimum absolute atomic E-state index is 0.254. The number of nitrogens with one attached hydrogen (secondary N) is 2. The van der Waals surface area contributed by atoms with Crippen molar-refractivity contribution in [2.45, 2.75) is 0 Å². The standard InChI is InChI=1S/C9H8ClN5OS/c1-11-7-3-5(2-6(10)13-7)9(16)14-8-4-12-15-17-8/h2-4H,1H3,(H,11,13)(H,14,16). The minimum atomic E-state index is -0.281. The molecule has 2 aromatic heterocycles. The number of carbonyl (C=O) groups excluding carboxylic acids is 1. The topological polar surface area (TPSA) is 79.8 Å². The highest BCUT2D eigenvalue weighted by molar-refractivity contribution is 7.10. The second-order valence-electron chi connectivity index (χ2n) is 3.05. The Balaban J connectivity index is 2.21. The van der Waals surface area contributed by atoms with Gasteiger partial charge in [-0.25, -0.2) is 4.98 Å². The van der Waals surface area contributed by atoms with Gasteiger partial charge in [-0.2, -0.15) is 0 Å². The number of amides is 1. The van der Waals surface area contributed by atoms with Gasteiger partial charge in [-0.3, -0.25) is 4.79 Å². The zero-order valence-electron chi connectivity index (χ0n) is 8.77. The summed E-state index contributed by atoms with van der Waals surface area (Å²) >= 11 is 6.90. The predicted molar refractivity (Wildman–Crippen MR) is 66.7 cm³/mol. The summed E-state index contributed by atoms with van der Waals surface area (Å²) in [5.74, 6) is 0.252. The van der Waals surface area contributed by atoms with Crippen molar-refractivity contribution in [1.29, 1.82) is 0 Å². The number of carbonyl (C=O) groups is 1. The van der Waals surface area contributed by atoms with Crippen LogP contribution < -0.4 is 10.6 Å². The van der Waals surface area contributed by atoms with E-state index < -0.39 is 0 Å². The summed E-state index contributed by atoms with van der Waals surface area (Å²) in [7, 11) is 1.70. The first-order valence-electron chi connectivity index (χ1n) is 4.63. The number of aromatic nitrogens is 3. The van der Waals surface area contributed by atoms with Gasteiger partial charge in [0.2, 0.25) is 0 Å². The van der Waals surface area contributed by atoms with Crippen LogP contribution in [0.15, 0.2) is 18.3 Å². The second kappa shape index (κ2) is 5.07. The van der Waals surface area contributed by atoms with E-state index in [0.29, 0.717) is 16.4 Å². The fourth-order valence-electron chi connectivity index (χ4n) is 1.16. The fraction of sp³-hybridized carbons (Fsp3) is 0.111. The van der Waals surface area contributed by atoms with Gasteiger partial charge in [0, 0.05) is 24.1 Å². The van der Waals surface area contributed by atoms with E-state index in [9.17, 15) is 4.79 Å². The number of nitrogens with zero attached hydrogens (tertiary/aromatic N) is 3. The number of anilines is 2. The molecular weight excluding hydrogens is 262 g/mol. The molecule has 17 heavy (non-hydrogen) atoms. The van der Waals surface area contributed by atoms with E-state index in [1.807, 2.05) is 0 Å². The first-order valence-corrected chi connectivity index (χ1v) is 5.78. The molecule has 2 rings (SSSR count). The minimum Gasteiger partial charge on any atom is -0.373 e. The Morgan fingerprint density at radius 3 is 2.94 bits per heavy atom. The maximum absolute atomic E-state index is 11.9. The summed E-state index contributed by atoms with van der Waals surface area (Å²) in [6, 6.07) is 3.10. The Kier molecular flexibility index (Phi) is 3.50. The summed E-state index contributed by atoms with van der Waals surface area (Å²) in [5, 5.41) is 9.94. The van der Waals surface area contributed by atoms with Crippen molar-refractivity contribution in [2.24, 2.45) is 0 Å². The van der Waals surface area contributed by atoms with Crippen LogP contribution in [0.5, 0.6) is 0 Å². The van der Waals surface area contributed by atoms with Gasteiger partial charge in [-0.1, -0.05) is 16.1 Å². The van der Waals surface area contributed by atoms with Crippen LogP contribution in [-0.4, -0.2) is 27.5 Å². The summed E-state index contributed by atoms with van der Waals surface area (Å²) in [4.78, 5) is 15.8. The van der Waals surface area contributed by atoms with Crippen LogP contribution in [0.3, 0.4) is 0 Å². The monoisotopic (exact) mass is 269 g/mol. The smallest absolute Gasteiger partial charge is 0.256 e. The number of pyridine rings is 1. The largest absolute Gasteiger partial charge is 0.373 e. The quantitative estimate of drug-likeness (QED) is 0.832. The molecular formula is C9H8ClN5OS. The van der Waals surface area contributed by atoms with Gasteiger partial charge in [0.1, 0.15) is 16.0 Å². The lowest BCUT2D eigenvalue weighted by Crippen LogP contribution is -2.11. The third kappa shape index (κ3) is 2.89. The zero-order valence-corrected chi connectivity index (χ0v) is 10.3. The molecule has 0 aliphatic rings. The molecule has 0 radical (unpaired) electrons. The summed E-state index contributed by atoms with van der Waals surface area (Å²) in [6.45, 7) is 0. The third-order valence-electron chi connectivity index (χ3n) is 1.91. The van der Waals surface area contributed by atoms with Crippen LogP contribution in [0.25, 0.3) is 0 Å². The molecule has 88 valence electrons. The summed E-state index contributed by atoms with van der Waals surface area (Å²) < 4.78 is 3.65. The highest BCUT2D eigenvalue weighted by Crippen LogP contribution is 2.16. The molecule has 0 saturated carbocycles. The van der Waals surface area contributed by atoms with Crippen molar-refractivity contribution in [3.63, 3.8) is 0 Å². The maximum atomic E-state index is 11.9. The molecule has 1 amide bonds. The molecule has 0 aliphatic heterocycles. The number of hydrogen-bond acceptors (Lipinski definition) is 6. The average Bonchev–Trinajstić information content (AvgIpc) is 2.81. The molecule has 6 nitrogen and oxygen atoms in total. The van der Waals surface area contributed by atoms with Gasteiger partial charge in [-0.15, -0.1) is 5.10 Å². The molecule has 0 unspecified atom stereocenters. The molecule has 2 aromatic rings. The number of rotatable bonds is 3. The van der Waals surface area contributed by atoms with Crippen LogP contribution in [0.4, 0.5) is 10.8 Å². The zero-order chi connectivity index (χ0) is 12.3. The molecule has 0 aliphatic carbocycles. The summed E-state index contributed by atoms with van der Waals surface area (Å²) in [5.41, 5.74) is 0.419. The van der Waals surface area contributed by atoms with Crippen LogP contribution >= 0.6 is 23.1 Å². The van der Waals surface area contributed by atoms with E-state index >= 15 is 0 Å². The lowest BCUT2D eigenvalue weighted by molar-refractivity contribution is 0.102. The number of halogens is 1. The van der Waals surface area contributed by atoms with E-state index in [1.54, 1.807) is 13.1 Å². The molecule has 2 N–H and O–H groups in total. The molecule has 0 saturated heterocycles. The molecule has 0 atom stereocenters. The van der Waals surface area contributed by atoms with E-state index in [1.165, 1.54) is 12.3 Å². The molecule has 0 aromatic carbocycles. The van der Waals surface area contributed by atoms with Crippen molar-refractivity contribution in [1.82, 2.24) is 14.6 Å². The Bertz CT molecular complexity index is 530. The van der Waals surface area contributed by atoms with Crippen LogP contribution in [0, 0.1) is 0 Å². The second-order valence-corrected chi connectivity index (χ2v) is 4.22. The first-order chi connectivity index (χ1) is 8.19. The lowest BCUT2D eigenvalue weighted by Gasteiger charge is -2.05. The SMILES string of the molecule is CNc1cc(C(=O)Nc2cnns2)cc(Cl)n1. The third-order valence-corrected chi connectivity index (χ3v) is 2.68. The van der Waals surface area contributed by atoms with Crippen molar-refractivity contribution < 1.29 is 4.79 Å².